The monoisotopic (exact) mass is 371 g/mol. The summed E-state index contributed by atoms with van der Waals surface area (Å²) in [5, 5.41) is 9.95. The Morgan fingerprint density at radius 1 is 1.26 bits per heavy atom. The highest BCUT2D eigenvalue weighted by atomic mass is 79.9. The van der Waals surface area contributed by atoms with Crippen molar-refractivity contribution in [3.05, 3.63) is 76.0 Å². The van der Waals surface area contributed by atoms with Crippen LogP contribution in [0.4, 0.5) is 0 Å². The number of amides is 1. The molecule has 0 spiro atoms. The molecule has 0 bridgehead atoms. The fraction of sp³-hybridized carbons (Fsp3) is 0.125. The maximum Gasteiger partial charge on any atom is 0.253 e. The number of nitrogens with zero attached hydrogens (tertiary/aromatic N) is 3. The fourth-order valence-electron chi connectivity index (χ4n) is 2.18. The van der Waals surface area contributed by atoms with E-state index in [1.807, 2.05) is 37.3 Å². The largest absolute Gasteiger partial charge is 0.338 e. The first-order chi connectivity index (χ1) is 11.1. The molecular weight excluding hydrogens is 358 g/mol. The van der Waals surface area contributed by atoms with Crippen molar-refractivity contribution in [1.82, 2.24) is 25.5 Å². The number of H-pyrrole nitrogens is 1. The number of carbonyl (C=O) groups is 1. The van der Waals surface area contributed by atoms with Gasteiger partial charge in [0.05, 0.1) is 5.56 Å². The van der Waals surface area contributed by atoms with Gasteiger partial charge in [-0.05, 0) is 34.5 Å². The number of hydrogen-bond donors (Lipinski definition) is 2. The first kappa shape index (κ1) is 15.4. The first-order valence-electron chi connectivity index (χ1n) is 6.99. The predicted molar refractivity (Wildman–Crippen MR) is 88.8 cm³/mol. The van der Waals surface area contributed by atoms with Crippen molar-refractivity contribution >= 4 is 21.8 Å². The second-order valence-corrected chi connectivity index (χ2v) is 5.90. The van der Waals surface area contributed by atoms with Crippen molar-refractivity contribution in [2.24, 2.45) is 0 Å². The zero-order chi connectivity index (χ0) is 16.2. The standard InChI is InChI=1S/C16H14BrN5O/c1-10-19-15(22-21-10)14(11-5-3-2-4-6-11)20-16(23)12-7-13(17)9-18-8-12/h2-9,14H,1H3,(H,20,23)(H,19,21,22)/t14-/m1/s1. The number of hydrogen-bond acceptors (Lipinski definition) is 4. The lowest BCUT2D eigenvalue weighted by atomic mass is 10.1. The van der Waals surface area contributed by atoms with E-state index in [0.29, 0.717) is 17.2 Å². The van der Waals surface area contributed by atoms with E-state index < -0.39 is 6.04 Å². The molecule has 0 saturated heterocycles. The van der Waals surface area contributed by atoms with Gasteiger partial charge in [0.15, 0.2) is 5.82 Å². The van der Waals surface area contributed by atoms with Gasteiger partial charge >= 0.3 is 0 Å². The third-order valence-corrected chi connectivity index (χ3v) is 3.68. The molecule has 1 amide bonds. The second kappa shape index (κ2) is 6.70. The highest BCUT2D eigenvalue weighted by Gasteiger charge is 2.21. The molecule has 2 aromatic heterocycles. The number of halogens is 1. The van der Waals surface area contributed by atoms with E-state index in [2.05, 4.69) is 41.4 Å². The van der Waals surface area contributed by atoms with Crippen molar-refractivity contribution in [2.75, 3.05) is 0 Å². The van der Waals surface area contributed by atoms with Gasteiger partial charge in [0.25, 0.3) is 5.91 Å². The molecule has 0 saturated carbocycles. The quantitative estimate of drug-likeness (QED) is 0.738. The Balaban J connectivity index is 1.92. The average Bonchev–Trinajstić information content (AvgIpc) is 2.99. The van der Waals surface area contributed by atoms with Crippen LogP contribution in [0.3, 0.4) is 0 Å². The van der Waals surface area contributed by atoms with Crippen LogP contribution in [0.25, 0.3) is 0 Å². The van der Waals surface area contributed by atoms with Crippen molar-refractivity contribution < 1.29 is 4.79 Å². The maximum absolute atomic E-state index is 12.5. The molecule has 0 aliphatic rings. The van der Waals surface area contributed by atoms with Crippen LogP contribution < -0.4 is 5.32 Å². The number of aryl methyl sites for hydroxylation is 1. The first-order valence-corrected chi connectivity index (χ1v) is 7.78. The summed E-state index contributed by atoms with van der Waals surface area (Å²) in [4.78, 5) is 20.9. The Morgan fingerprint density at radius 3 is 2.70 bits per heavy atom. The third kappa shape index (κ3) is 3.62. The number of rotatable bonds is 4. The summed E-state index contributed by atoms with van der Waals surface area (Å²) in [7, 11) is 0. The van der Waals surface area contributed by atoms with Gasteiger partial charge in [-0.3, -0.25) is 14.9 Å². The zero-order valence-electron chi connectivity index (χ0n) is 12.3. The van der Waals surface area contributed by atoms with Crippen molar-refractivity contribution in [2.45, 2.75) is 13.0 Å². The third-order valence-electron chi connectivity index (χ3n) is 3.25. The molecule has 0 unspecified atom stereocenters. The number of aromatic amines is 1. The van der Waals surface area contributed by atoms with Crippen molar-refractivity contribution in [3.63, 3.8) is 0 Å². The highest BCUT2D eigenvalue weighted by molar-refractivity contribution is 9.10. The van der Waals surface area contributed by atoms with E-state index >= 15 is 0 Å². The molecule has 2 heterocycles. The SMILES string of the molecule is Cc1nc([C@H](NC(=O)c2cncc(Br)c2)c2ccccc2)n[nH]1. The average molecular weight is 372 g/mol. The maximum atomic E-state index is 12.5. The van der Waals surface area contributed by atoms with Gasteiger partial charge in [0.1, 0.15) is 11.9 Å². The molecule has 2 N–H and O–H groups in total. The van der Waals surface area contributed by atoms with E-state index in [9.17, 15) is 4.79 Å². The zero-order valence-corrected chi connectivity index (χ0v) is 13.9. The Hall–Kier alpha value is -2.54. The van der Waals surface area contributed by atoms with Gasteiger partial charge in [0, 0.05) is 16.9 Å². The van der Waals surface area contributed by atoms with Gasteiger partial charge in [-0.15, -0.1) is 0 Å². The van der Waals surface area contributed by atoms with E-state index in [1.54, 1.807) is 12.3 Å². The molecule has 0 aliphatic carbocycles. The predicted octanol–water partition coefficient (Wildman–Crippen LogP) is 2.79. The molecular formula is C16H14BrN5O. The van der Waals surface area contributed by atoms with E-state index in [0.717, 1.165) is 10.0 Å². The molecule has 23 heavy (non-hydrogen) atoms. The Kier molecular flexibility index (Phi) is 4.47. The Labute approximate surface area is 141 Å². The molecule has 1 atom stereocenters. The van der Waals surface area contributed by atoms with Crippen LogP contribution in [0, 0.1) is 6.92 Å². The van der Waals surface area contributed by atoms with Crippen molar-refractivity contribution in [1.29, 1.82) is 0 Å². The molecule has 1 aromatic carbocycles. The smallest absolute Gasteiger partial charge is 0.253 e. The summed E-state index contributed by atoms with van der Waals surface area (Å²) >= 11 is 3.32. The van der Waals surface area contributed by atoms with Gasteiger partial charge in [-0.2, -0.15) is 5.10 Å². The number of benzene rings is 1. The van der Waals surface area contributed by atoms with Crippen LogP contribution in [-0.4, -0.2) is 26.1 Å². The minimum Gasteiger partial charge on any atom is -0.338 e. The minimum atomic E-state index is -0.437. The molecule has 7 heteroatoms. The van der Waals surface area contributed by atoms with Crippen LogP contribution in [0.15, 0.2) is 53.3 Å². The van der Waals surface area contributed by atoms with E-state index in [-0.39, 0.29) is 5.91 Å². The molecule has 3 rings (SSSR count). The van der Waals surface area contributed by atoms with Crippen molar-refractivity contribution in [3.8, 4) is 0 Å². The summed E-state index contributed by atoms with van der Waals surface area (Å²) in [6.07, 6.45) is 3.15. The van der Waals surface area contributed by atoms with Gasteiger partial charge in [-0.1, -0.05) is 30.3 Å². The summed E-state index contributed by atoms with van der Waals surface area (Å²) in [5.74, 6) is 0.972. The molecule has 3 aromatic rings. The second-order valence-electron chi connectivity index (χ2n) is 4.99. The summed E-state index contributed by atoms with van der Waals surface area (Å²) in [6, 6.07) is 10.9. The van der Waals surface area contributed by atoms with Crippen LogP contribution in [0.1, 0.15) is 33.6 Å². The minimum absolute atomic E-state index is 0.241. The van der Waals surface area contributed by atoms with E-state index in [1.165, 1.54) is 6.20 Å². The molecule has 0 aliphatic heterocycles. The highest BCUT2D eigenvalue weighted by Crippen LogP contribution is 2.20. The molecule has 6 nitrogen and oxygen atoms in total. The molecule has 0 fully saturated rings. The number of nitrogens with one attached hydrogen (secondary N) is 2. The van der Waals surface area contributed by atoms with Crippen LogP contribution in [0.2, 0.25) is 0 Å². The lowest BCUT2D eigenvalue weighted by molar-refractivity contribution is 0.0941. The number of pyridine rings is 1. The van der Waals surface area contributed by atoms with Crippen LogP contribution in [-0.2, 0) is 0 Å². The van der Waals surface area contributed by atoms with E-state index in [4.69, 9.17) is 0 Å². The normalized spacial score (nSPS) is 11.9. The topological polar surface area (TPSA) is 83.6 Å². The molecule has 116 valence electrons. The lowest BCUT2D eigenvalue weighted by Crippen LogP contribution is -2.30. The summed E-state index contributed by atoms with van der Waals surface area (Å²) < 4.78 is 0.746. The number of aromatic nitrogens is 4. The van der Waals surface area contributed by atoms with Crippen LogP contribution in [0.5, 0.6) is 0 Å². The Bertz CT molecular complexity index is 818. The van der Waals surface area contributed by atoms with Gasteiger partial charge in [0.2, 0.25) is 0 Å². The fourth-order valence-corrected chi connectivity index (χ4v) is 2.55. The summed E-state index contributed by atoms with van der Waals surface area (Å²) in [6.45, 7) is 1.82. The van der Waals surface area contributed by atoms with Gasteiger partial charge in [-0.25, -0.2) is 4.98 Å². The molecule has 0 radical (unpaired) electrons. The Morgan fingerprint density at radius 2 is 2.04 bits per heavy atom. The summed E-state index contributed by atoms with van der Waals surface area (Å²) in [5.41, 5.74) is 1.37. The lowest BCUT2D eigenvalue weighted by Gasteiger charge is -2.16. The van der Waals surface area contributed by atoms with Gasteiger partial charge < -0.3 is 5.32 Å². The number of carbonyl (C=O) groups excluding carboxylic acids is 1. The van der Waals surface area contributed by atoms with Crippen LogP contribution >= 0.6 is 15.9 Å².